The number of carbonyl (C=O) groups excluding carboxylic acids is 1. The molecule has 1 aliphatic heterocycles. The SMILES string of the molecule is CC1CCCN(C(=O)c2csc(-c3ccccc3)n2)C1CO. The maximum Gasteiger partial charge on any atom is 0.273 e. The first-order chi connectivity index (χ1) is 10.7. The highest BCUT2D eigenvalue weighted by Crippen LogP contribution is 2.27. The summed E-state index contributed by atoms with van der Waals surface area (Å²) in [6.07, 6.45) is 2.04. The van der Waals surface area contributed by atoms with E-state index >= 15 is 0 Å². The van der Waals surface area contributed by atoms with Crippen molar-refractivity contribution in [3.8, 4) is 10.6 Å². The van der Waals surface area contributed by atoms with Gasteiger partial charge in [0.15, 0.2) is 0 Å². The largest absolute Gasteiger partial charge is 0.394 e. The van der Waals surface area contributed by atoms with E-state index in [0.29, 0.717) is 18.2 Å². The molecular weight excluding hydrogens is 296 g/mol. The van der Waals surface area contributed by atoms with E-state index in [0.717, 1.165) is 23.4 Å². The van der Waals surface area contributed by atoms with E-state index < -0.39 is 0 Å². The fourth-order valence-corrected chi connectivity index (χ4v) is 3.81. The van der Waals surface area contributed by atoms with Crippen molar-refractivity contribution in [2.75, 3.05) is 13.2 Å². The van der Waals surface area contributed by atoms with Gasteiger partial charge in [-0.1, -0.05) is 37.3 Å². The van der Waals surface area contributed by atoms with Gasteiger partial charge in [-0.2, -0.15) is 0 Å². The molecule has 1 N–H and O–H groups in total. The van der Waals surface area contributed by atoms with Crippen molar-refractivity contribution < 1.29 is 9.90 Å². The summed E-state index contributed by atoms with van der Waals surface area (Å²) in [5.41, 5.74) is 1.51. The number of aromatic nitrogens is 1. The van der Waals surface area contributed by atoms with Gasteiger partial charge in [0.2, 0.25) is 0 Å². The Hall–Kier alpha value is -1.72. The molecule has 1 fully saturated rings. The van der Waals surface area contributed by atoms with Gasteiger partial charge in [0, 0.05) is 17.5 Å². The minimum atomic E-state index is -0.0943. The van der Waals surface area contributed by atoms with Gasteiger partial charge in [0.05, 0.1) is 12.6 Å². The molecule has 0 saturated carbocycles. The van der Waals surface area contributed by atoms with Crippen LogP contribution < -0.4 is 0 Å². The van der Waals surface area contributed by atoms with Gasteiger partial charge in [0.25, 0.3) is 5.91 Å². The number of rotatable bonds is 3. The topological polar surface area (TPSA) is 53.4 Å². The highest BCUT2D eigenvalue weighted by Gasteiger charge is 2.32. The third kappa shape index (κ3) is 2.91. The Kier molecular flexibility index (Phi) is 4.55. The monoisotopic (exact) mass is 316 g/mol. The predicted octanol–water partition coefficient (Wildman–Crippen LogP) is 3.04. The summed E-state index contributed by atoms with van der Waals surface area (Å²) < 4.78 is 0. The van der Waals surface area contributed by atoms with E-state index in [2.05, 4.69) is 11.9 Å². The number of hydrogen-bond acceptors (Lipinski definition) is 4. The summed E-state index contributed by atoms with van der Waals surface area (Å²) in [6, 6.07) is 9.78. The zero-order valence-electron chi connectivity index (χ0n) is 12.6. The first-order valence-electron chi connectivity index (χ1n) is 7.63. The van der Waals surface area contributed by atoms with Crippen molar-refractivity contribution in [2.45, 2.75) is 25.8 Å². The number of aliphatic hydroxyl groups is 1. The van der Waals surface area contributed by atoms with Gasteiger partial charge in [-0.25, -0.2) is 4.98 Å². The van der Waals surface area contributed by atoms with Crippen molar-refractivity contribution in [3.05, 3.63) is 41.4 Å². The summed E-state index contributed by atoms with van der Waals surface area (Å²) in [4.78, 5) is 19.0. The highest BCUT2D eigenvalue weighted by atomic mass is 32.1. The predicted molar refractivity (Wildman–Crippen MR) is 87.9 cm³/mol. The van der Waals surface area contributed by atoms with Crippen LogP contribution in [-0.4, -0.2) is 40.1 Å². The molecule has 2 atom stereocenters. The second-order valence-corrected chi connectivity index (χ2v) is 6.63. The zero-order valence-corrected chi connectivity index (χ0v) is 13.4. The summed E-state index contributed by atoms with van der Waals surface area (Å²) >= 11 is 1.48. The van der Waals surface area contributed by atoms with E-state index in [1.807, 2.05) is 35.7 Å². The minimum absolute atomic E-state index is 0.0165. The van der Waals surface area contributed by atoms with Crippen LogP contribution in [0.1, 0.15) is 30.3 Å². The van der Waals surface area contributed by atoms with Crippen LogP contribution in [0.3, 0.4) is 0 Å². The fourth-order valence-electron chi connectivity index (χ4n) is 3.01. The number of nitrogens with zero attached hydrogens (tertiary/aromatic N) is 2. The standard InChI is InChI=1S/C17H20N2O2S/c1-12-6-5-9-19(15(12)10-20)17(21)14-11-22-16(18-14)13-7-3-2-4-8-13/h2-4,7-8,11-12,15,20H,5-6,9-10H2,1H3. The first-order valence-corrected chi connectivity index (χ1v) is 8.51. The zero-order chi connectivity index (χ0) is 15.5. The Morgan fingerprint density at radius 3 is 2.91 bits per heavy atom. The van der Waals surface area contributed by atoms with Gasteiger partial charge in [-0.15, -0.1) is 11.3 Å². The third-order valence-electron chi connectivity index (χ3n) is 4.31. The highest BCUT2D eigenvalue weighted by molar-refractivity contribution is 7.13. The number of benzene rings is 1. The van der Waals surface area contributed by atoms with E-state index in [9.17, 15) is 9.90 Å². The maximum absolute atomic E-state index is 12.7. The Balaban J connectivity index is 1.82. The van der Waals surface area contributed by atoms with Crippen LogP contribution in [0.5, 0.6) is 0 Å². The quantitative estimate of drug-likeness (QED) is 0.947. The Labute approximate surface area is 134 Å². The molecule has 4 nitrogen and oxygen atoms in total. The van der Waals surface area contributed by atoms with Crippen molar-refractivity contribution in [3.63, 3.8) is 0 Å². The van der Waals surface area contributed by atoms with Gasteiger partial charge in [0.1, 0.15) is 10.7 Å². The number of amides is 1. The normalized spacial score (nSPS) is 21.8. The van der Waals surface area contributed by atoms with Crippen molar-refractivity contribution in [2.24, 2.45) is 5.92 Å². The minimum Gasteiger partial charge on any atom is -0.394 e. The van der Waals surface area contributed by atoms with E-state index in [1.54, 1.807) is 4.90 Å². The van der Waals surface area contributed by atoms with Gasteiger partial charge in [-0.05, 0) is 18.8 Å². The lowest BCUT2D eigenvalue weighted by Gasteiger charge is -2.38. The lowest BCUT2D eigenvalue weighted by Crippen LogP contribution is -2.49. The first kappa shape index (κ1) is 15.2. The molecule has 1 amide bonds. The number of likely N-dealkylation sites (tertiary alicyclic amines) is 1. The van der Waals surface area contributed by atoms with E-state index in [4.69, 9.17) is 0 Å². The molecule has 2 heterocycles. The molecular formula is C17H20N2O2S. The molecule has 22 heavy (non-hydrogen) atoms. The summed E-state index contributed by atoms with van der Waals surface area (Å²) in [5, 5.41) is 12.3. The molecule has 116 valence electrons. The Bertz CT molecular complexity index is 641. The molecule has 0 spiro atoms. The molecule has 1 saturated heterocycles. The average Bonchev–Trinajstić information content (AvgIpc) is 3.05. The molecule has 2 aromatic rings. The molecule has 0 radical (unpaired) electrons. The molecule has 3 rings (SSSR count). The Morgan fingerprint density at radius 2 is 2.18 bits per heavy atom. The average molecular weight is 316 g/mol. The Morgan fingerprint density at radius 1 is 1.41 bits per heavy atom. The summed E-state index contributed by atoms with van der Waals surface area (Å²) in [7, 11) is 0. The number of piperidine rings is 1. The van der Waals surface area contributed by atoms with Crippen LogP contribution in [-0.2, 0) is 0 Å². The summed E-state index contributed by atoms with van der Waals surface area (Å²) in [5.74, 6) is 0.263. The van der Waals surface area contributed by atoms with Crippen LogP contribution in [0.25, 0.3) is 10.6 Å². The van der Waals surface area contributed by atoms with Gasteiger partial charge < -0.3 is 10.0 Å². The van der Waals surface area contributed by atoms with Crippen molar-refractivity contribution in [1.29, 1.82) is 0 Å². The molecule has 2 unspecified atom stereocenters. The van der Waals surface area contributed by atoms with Crippen LogP contribution in [0, 0.1) is 5.92 Å². The molecule has 5 heteroatoms. The van der Waals surface area contributed by atoms with Crippen LogP contribution in [0.2, 0.25) is 0 Å². The van der Waals surface area contributed by atoms with Crippen LogP contribution in [0.4, 0.5) is 0 Å². The van der Waals surface area contributed by atoms with Crippen molar-refractivity contribution >= 4 is 17.2 Å². The second kappa shape index (κ2) is 6.58. The lowest BCUT2D eigenvalue weighted by molar-refractivity contribution is 0.0354. The summed E-state index contributed by atoms with van der Waals surface area (Å²) in [6.45, 7) is 2.81. The van der Waals surface area contributed by atoms with Gasteiger partial charge in [-0.3, -0.25) is 4.79 Å². The van der Waals surface area contributed by atoms with Crippen LogP contribution >= 0.6 is 11.3 Å². The van der Waals surface area contributed by atoms with E-state index in [-0.39, 0.29) is 18.6 Å². The molecule has 0 aliphatic carbocycles. The molecule has 1 aromatic heterocycles. The molecule has 0 bridgehead atoms. The van der Waals surface area contributed by atoms with E-state index in [1.165, 1.54) is 11.3 Å². The maximum atomic E-state index is 12.7. The molecule has 1 aromatic carbocycles. The number of carbonyl (C=O) groups is 1. The van der Waals surface area contributed by atoms with Crippen LogP contribution in [0.15, 0.2) is 35.7 Å². The smallest absolute Gasteiger partial charge is 0.273 e. The number of thiazole rings is 1. The second-order valence-electron chi connectivity index (χ2n) is 5.77. The number of hydrogen-bond donors (Lipinski definition) is 1. The molecule has 1 aliphatic rings. The van der Waals surface area contributed by atoms with Gasteiger partial charge >= 0.3 is 0 Å². The fraction of sp³-hybridized carbons (Fsp3) is 0.412. The van der Waals surface area contributed by atoms with Crippen molar-refractivity contribution in [1.82, 2.24) is 9.88 Å². The lowest BCUT2D eigenvalue weighted by atomic mass is 9.91. The number of aliphatic hydroxyl groups excluding tert-OH is 1. The third-order valence-corrected chi connectivity index (χ3v) is 5.20.